The Labute approximate surface area is 150 Å². The number of hydrogen-bond donors (Lipinski definition) is 2. The van der Waals surface area contributed by atoms with Gasteiger partial charge in [-0.1, -0.05) is 18.2 Å². The van der Waals surface area contributed by atoms with Crippen LogP contribution in [0.15, 0.2) is 53.3 Å². The first-order valence-electron chi connectivity index (χ1n) is 8.01. The second-order valence-electron chi connectivity index (χ2n) is 5.69. The predicted molar refractivity (Wildman–Crippen MR) is 93.4 cm³/mol. The zero-order chi connectivity index (χ0) is 18.8. The summed E-state index contributed by atoms with van der Waals surface area (Å²) in [4.78, 5) is 16.7. The lowest BCUT2D eigenvalue weighted by Gasteiger charge is -2.27. The molecule has 1 unspecified atom stereocenters. The van der Waals surface area contributed by atoms with Crippen LogP contribution in [-0.4, -0.2) is 22.7 Å². The number of benzene rings is 1. The van der Waals surface area contributed by atoms with Gasteiger partial charge in [-0.05, 0) is 19.9 Å². The molecule has 1 atom stereocenters. The number of phenols is 1. The van der Waals surface area contributed by atoms with Gasteiger partial charge >= 0.3 is 5.97 Å². The Morgan fingerprint density at radius 2 is 2.23 bits per heavy atom. The first-order chi connectivity index (χ1) is 12.5. The standard InChI is InChI=1S/C19H17N3O4/c1-3-25-19(24)14-10(2)26-18(21)13(9-20)15(14)12-7-6-11-5-4-8-22-16(11)17(12)23/h4-8,15,23H,3,21H2,1-2H3. The monoisotopic (exact) mass is 351 g/mol. The van der Waals surface area contributed by atoms with Gasteiger partial charge in [-0.15, -0.1) is 0 Å². The van der Waals surface area contributed by atoms with E-state index in [-0.39, 0.29) is 35.1 Å². The van der Waals surface area contributed by atoms with Crippen molar-refractivity contribution in [2.45, 2.75) is 19.8 Å². The van der Waals surface area contributed by atoms with Crippen molar-refractivity contribution in [2.24, 2.45) is 5.73 Å². The van der Waals surface area contributed by atoms with Crippen molar-refractivity contribution in [3.63, 3.8) is 0 Å². The molecule has 1 aliphatic heterocycles. The summed E-state index contributed by atoms with van der Waals surface area (Å²) in [7, 11) is 0. The molecule has 1 aromatic carbocycles. The van der Waals surface area contributed by atoms with Crippen LogP contribution in [0.1, 0.15) is 25.3 Å². The third kappa shape index (κ3) is 2.71. The number of pyridine rings is 1. The number of esters is 1. The van der Waals surface area contributed by atoms with Gasteiger partial charge in [0, 0.05) is 17.1 Å². The fourth-order valence-corrected chi connectivity index (χ4v) is 3.04. The summed E-state index contributed by atoms with van der Waals surface area (Å²) in [6.45, 7) is 3.41. The fraction of sp³-hybridized carbons (Fsp3) is 0.211. The van der Waals surface area contributed by atoms with Gasteiger partial charge in [0.1, 0.15) is 28.7 Å². The van der Waals surface area contributed by atoms with Crippen LogP contribution < -0.4 is 5.73 Å². The van der Waals surface area contributed by atoms with Crippen LogP contribution in [0.3, 0.4) is 0 Å². The van der Waals surface area contributed by atoms with Crippen molar-refractivity contribution in [3.05, 3.63) is 58.8 Å². The van der Waals surface area contributed by atoms with Crippen molar-refractivity contribution in [1.29, 1.82) is 5.26 Å². The summed E-state index contributed by atoms with van der Waals surface area (Å²) in [6, 6.07) is 8.94. The molecule has 2 heterocycles. The van der Waals surface area contributed by atoms with Gasteiger partial charge in [-0.3, -0.25) is 4.98 Å². The minimum Gasteiger partial charge on any atom is -0.505 e. The van der Waals surface area contributed by atoms with E-state index in [0.717, 1.165) is 5.39 Å². The first kappa shape index (κ1) is 17.3. The van der Waals surface area contributed by atoms with Crippen molar-refractivity contribution in [2.75, 3.05) is 6.61 Å². The number of allylic oxidation sites excluding steroid dienone is 2. The molecule has 3 N–H and O–H groups in total. The molecule has 0 saturated heterocycles. The Kier molecular flexibility index (Phi) is 4.50. The maximum atomic E-state index is 12.5. The Morgan fingerprint density at radius 3 is 2.92 bits per heavy atom. The Hall–Kier alpha value is -3.53. The fourth-order valence-electron chi connectivity index (χ4n) is 3.04. The molecule has 0 aliphatic carbocycles. The molecule has 0 fully saturated rings. The molecule has 0 radical (unpaired) electrons. The largest absolute Gasteiger partial charge is 0.505 e. The van der Waals surface area contributed by atoms with E-state index in [4.69, 9.17) is 15.2 Å². The van der Waals surface area contributed by atoms with Gasteiger partial charge < -0.3 is 20.3 Å². The Bertz CT molecular complexity index is 1000. The molecule has 2 aromatic rings. The topological polar surface area (TPSA) is 118 Å². The highest BCUT2D eigenvalue weighted by Gasteiger charge is 2.38. The average Bonchev–Trinajstić information content (AvgIpc) is 2.62. The van der Waals surface area contributed by atoms with E-state index in [0.29, 0.717) is 11.1 Å². The number of aromatic nitrogens is 1. The number of ether oxygens (including phenoxy) is 2. The number of carbonyl (C=O) groups excluding carboxylic acids is 1. The summed E-state index contributed by atoms with van der Waals surface area (Å²) in [5, 5.41) is 21.1. The van der Waals surface area contributed by atoms with Crippen LogP contribution in [0, 0.1) is 11.3 Å². The smallest absolute Gasteiger partial charge is 0.338 e. The molecule has 0 saturated carbocycles. The number of phenolic OH excluding ortho intramolecular Hbond substituents is 1. The lowest BCUT2D eigenvalue weighted by molar-refractivity contribution is -0.139. The van der Waals surface area contributed by atoms with E-state index >= 15 is 0 Å². The van der Waals surface area contributed by atoms with Crippen LogP contribution in [0.2, 0.25) is 0 Å². The molecule has 0 bridgehead atoms. The average molecular weight is 351 g/mol. The maximum absolute atomic E-state index is 12.5. The molecule has 3 rings (SSSR count). The number of aromatic hydroxyl groups is 1. The van der Waals surface area contributed by atoms with Gasteiger partial charge in [-0.2, -0.15) is 5.26 Å². The van der Waals surface area contributed by atoms with Crippen molar-refractivity contribution in [1.82, 2.24) is 4.98 Å². The Balaban J connectivity index is 2.27. The number of carbonyl (C=O) groups is 1. The summed E-state index contributed by atoms with van der Waals surface area (Å²) in [5.41, 5.74) is 6.72. The molecular weight excluding hydrogens is 334 g/mol. The number of nitrogens with two attached hydrogens (primary N) is 1. The van der Waals surface area contributed by atoms with E-state index < -0.39 is 11.9 Å². The maximum Gasteiger partial charge on any atom is 0.338 e. The quantitative estimate of drug-likeness (QED) is 0.816. The predicted octanol–water partition coefficient (Wildman–Crippen LogP) is 2.59. The Morgan fingerprint density at radius 1 is 1.46 bits per heavy atom. The third-order valence-corrected chi connectivity index (χ3v) is 4.19. The zero-order valence-electron chi connectivity index (χ0n) is 14.3. The molecule has 0 amide bonds. The highest BCUT2D eigenvalue weighted by Crippen LogP contribution is 2.44. The van der Waals surface area contributed by atoms with E-state index in [9.17, 15) is 15.2 Å². The van der Waals surface area contributed by atoms with Crippen LogP contribution in [0.4, 0.5) is 0 Å². The van der Waals surface area contributed by atoms with Crippen molar-refractivity contribution >= 4 is 16.9 Å². The molecule has 1 aliphatic rings. The van der Waals surface area contributed by atoms with Crippen LogP contribution in [0.25, 0.3) is 10.9 Å². The number of nitrogens with zero attached hydrogens (tertiary/aromatic N) is 2. The second kappa shape index (κ2) is 6.76. The van der Waals surface area contributed by atoms with Gasteiger partial charge in [0.15, 0.2) is 0 Å². The molecule has 132 valence electrons. The lowest BCUT2D eigenvalue weighted by Crippen LogP contribution is -2.25. The van der Waals surface area contributed by atoms with Gasteiger partial charge in [0.05, 0.1) is 18.1 Å². The van der Waals surface area contributed by atoms with Crippen molar-refractivity contribution < 1.29 is 19.4 Å². The normalized spacial score (nSPS) is 17.0. The van der Waals surface area contributed by atoms with Gasteiger partial charge in [0.25, 0.3) is 0 Å². The molecule has 0 spiro atoms. The molecule has 7 nitrogen and oxygen atoms in total. The molecule has 26 heavy (non-hydrogen) atoms. The molecule has 1 aromatic heterocycles. The summed E-state index contributed by atoms with van der Waals surface area (Å²) >= 11 is 0. The second-order valence-corrected chi connectivity index (χ2v) is 5.69. The van der Waals surface area contributed by atoms with Crippen LogP contribution >= 0.6 is 0 Å². The van der Waals surface area contributed by atoms with Crippen LogP contribution in [-0.2, 0) is 14.3 Å². The van der Waals surface area contributed by atoms with E-state index in [2.05, 4.69) is 4.98 Å². The van der Waals surface area contributed by atoms with E-state index in [1.165, 1.54) is 0 Å². The molecule has 7 heteroatoms. The summed E-state index contributed by atoms with van der Waals surface area (Å²) < 4.78 is 10.5. The van der Waals surface area contributed by atoms with Gasteiger partial charge in [0.2, 0.25) is 5.88 Å². The minimum atomic E-state index is -0.904. The van der Waals surface area contributed by atoms with Crippen molar-refractivity contribution in [3.8, 4) is 11.8 Å². The minimum absolute atomic E-state index is 0.0317. The van der Waals surface area contributed by atoms with Crippen LogP contribution in [0.5, 0.6) is 5.75 Å². The lowest BCUT2D eigenvalue weighted by atomic mass is 9.82. The summed E-state index contributed by atoms with van der Waals surface area (Å²) in [5.74, 6) is -1.53. The number of nitriles is 1. The van der Waals surface area contributed by atoms with E-state index in [1.54, 1.807) is 44.3 Å². The SMILES string of the molecule is CCOC(=O)C1=C(C)OC(N)=C(C#N)C1c1ccc2cccnc2c1O. The number of fused-ring (bicyclic) bond motifs is 1. The highest BCUT2D eigenvalue weighted by atomic mass is 16.5. The number of rotatable bonds is 3. The first-order valence-corrected chi connectivity index (χ1v) is 8.01. The van der Waals surface area contributed by atoms with E-state index in [1.807, 2.05) is 6.07 Å². The third-order valence-electron chi connectivity index (χ3n) is 4.19. The molecular formula is C19H17N3O4. The highest BCUT2D eigenvalue weighted by molar-refractivity contribution is 5.94. The summed E-state index contributed by atoms with van der Waals surface area (Å²) in [6.07, 6.45) is 1.55. The number of hydrogen-bond acceptors (Lipinski definition) is 7. The zero-order valence-corrected chi connectivity index (χ0v) is 14.3. The van der Waals surface area contributed by atoms with Gasteiger partial charge in [-0.25, -0.2) is 4.79 Å².